The summed E-state index contributed by atoms with van der Waals surface area (Å²) in [5.74, 6) is 0.927. The molecule has 0 spiro atoms. The Hall–Kier alpha value is -1.57. The molecule has 2 aliphatic rings. The Morgan fingerprint density at radius 3 is 2.67 bits per heavy atom. The molecule has 5 nitrogen and oxygen atoms in total. The summed E-state index contributed by atoms with van der Waals surface area (Å²) in [6.07, 6.45) is 3.54. The molecule has 160 valence electrons. The molecular weight excluding hydrogens is 510 g/mol. The standard InChI is InChI=1S/C23H27Br2N3O2/c24-19-4-3-5-21(23(19)25)28-13-11-27(12-14-28)10-1-2-15-30-18-8-6-17-7-9-22(29)26-20(17)16-18/h3-6,8,16H,1-2,7,9-15H2,(H,26,29). The van der Waals surface area contributed by atoms with Crippen LogP contribution in [0.25, 0.3) is 0 Å². The molecule has 0 atom stereocenters. The van der Waals surface area contributed by atoms with Gasteiger partial charge in [0.1, 0.15) is 5.75 Å². The van der Waals surface area contributed by atoms with E-state index in [1.54, 1.807) is 0 Å². The first kappa shape index (κ1) is 21.7. The number of ether oxygens (including phenoxy) is 1. The summed E-state index contributed by atoms with van der Waals surface area (Å²) in [7, 11) is 0. The number of rotatable bonds is 7. The van der Waals surface area contributed by atoms with E-state index in [1.807, 2.05) is 12.1 Å². The molecule has 0 unspecified atom stereocenters. The van der Waals surface area contributed by atoms with Crippen LogP contribution in [-0.2, 0) is 11.2 Å². The zero-order chi connectivity index (χ0) is 20.9. The van der Waals surface area contributed by atoms with Gasteiger partial charge in [-0.3, -0.25) is 9.69 Å². The number of nitrogens with one attached hydrogen (secondary N) is 1. The molecule has 1 N–H and O–H groups in total. The van der Waals surface area contributed by atoms with Crippen LogP contribution < -0.4 is 15.0 Å². The summed E-state index contributed by atoms with van der Waals surface area (Å²) < 4.78 is 8.15. The van der Waals surface area contributed by atoms with Crippen molar-refractivity contribution in [1.82, 2.24) is 4.90 Å². The lowest BCUT2D eigenvalue weighted by molar-refractivity contribution is -0.116. The molecule has 0 aliphatic carbocycles. The van der Waals surface area contributed by atoms with E-state index in [2.05, 4.69) is 71.2 Å². The maximum absolute atomic E-state index is 11.6. The van der Waals surface area contributed by atoms with E-state index in [9.17, 15) is 4.79 Å². The highest BCUT2D eigenvalue weighted by molar-refractivity contribution is 9.13. The van der Waals surface area contributed by atoms with E-state index in [0.717, 1.165) is 72.4 Å². The largest absolute Gasteiger partial charge is 0.494 e. The number of fused-ring (bicyclic) bond motifs is 1. The van der Waals surface area contributed by atoms with Crippen LogP contribution in [0, 0.1) is 0 Å². The Morgan fingerprint density at radius 2 is 1.83 bits per heavy atom. The van der Waals surface area contributed by atoms with Crippen molar-refractivity contribution in [3.8, 4) is 5.75 Å². The number of carbonyl (C=O) groups is 1. The van der Waals surface area contributed by atoms with Crippen LogP contribution >= 0.6 is 31.9 Å². The molecule has 0 aromatic heterocycles. The van der Waals surface area contributed by atoms with Crippen LogP contribution in [0.3, 0.4) is 0 Å². The third kappa shape index (κ3) is 5.37. The fourth-order valence-electron chi connectivity index (χ4n) is 4.02. The van der Waals surface area contributed by atoms with E-state index in [4.69, 9.17) is 4.74 Å². The first-order chi connectivity index (χ1) is 14.6. The maximum Gasteiger partial charge on any atom is 0.224 e. The Bertz CT molecular complexity index is 898. The monoisotopic (exact) mass is 535 g/mol. The van der Waals surface area contributed by atoms with Gasteiger partial charge in [0, 0.05) is 48.8 Å². The molecule has 1 fully saturated rings. The molecule has 1 amide bonds. The Labute approximate surface area is 195 Å². The van der Waals surface area contributed by atoms with E-state index >= 15 is 0 Å². The number of piperazine rings is 1. The fourth-order valence-corrected chi connectivity index (χ4v) is 4.89. The number of aryl methyl sites for hydroxylation is 1. The maximum atomic E-state index is 11.6. The van der Waals surface area contributed by atoms with Gasteiger partial charge in [-0.1, -0.05) is 12.1 Å². The predicted molar refractivity (Wildman–Crippen MR) is 129 cm³/mol. The van der Waals surface area contributed by atoms with Gasteiger partial charge in [0.15, 0.2) is 0 Å². The van der Waals surface area contributed by atoms with Crippen molar-refractivity contribution in [2.75, 3.05) is 49.5 Å². The molecule has 30 heavy (non-hydrogen) atoms. The molecule has 1 saturated heterocycles. The van der Waals surface area contributed by atoms with E-state index < -0.39 is 0 Å². The van der Waals surface area contributed by atoms with Crippen LogP contribution in [0.4, 0.5) is 11.4 Å². The molecule has 2 aliphatic heterocycles. The number of carbonyl (C=O) groups excluding carboxylic acids is 1. The smallest absolute Gasteiger partial charge is 0.224 e. The predicted octanol–water partition coefficient (Wildman–Crippen LogP) is 5.08. The van der Waals surface area contributed by atoms with Gasteiger partial charge in [0.05, 0.1) is 16.8 Å². The molecule has 2 heterocycles. The minimum Gasteiger partial charge on any atom is -0.494 e. The highest BCUT2D eigenvalue weighted by Crippen LogP contribution is 2.33. The Morgan fingerprint density at radius 1 is 1.00 bits per heavy atom. The molecule has 7 heteroatoms. The van der Waals surface area contributed by atoms with Crippen LogP contribution in [0.1, 0.15) is 24.8 Å². The molecule has 0 radical (unpaired) electrons. The molecular formula is C23H27Br2N3O2. The van der Waals surface area contributed by atoms with Crippen molar-refractivity contribution in [2.24, 2.45) is 0 Å². The van der Waals surface area contributed by atoms with Gasteiger partial charge < -0.3 is 15.0 Å². The Balaban J connectivity index is 1.15. The van der Waals surface area contributed by atoms with Crippen molar-refractivity contribution < 1.29 is 9.53 Å². The minimum absolute atomic E-state index is 0.0898. The SMILES string of the molecule is O=C1CCc2ccc(OCCCCN3CCN(c4cccc(Br)c4Br)CC3)cc2N1. The molecule has 0 bridgehead atoms. The third-order valence-electron chi connectivity index (χ3n) is 5.76. The average molecular weight is 537 g/mol. The van der Waals surface area contributed by atoms with E-state index in [1.165, 1.54) is 11.3 Å². The van der Waals surface area contributed by atoms with Gasteiger partial charge in [0.2, 0.25) is 5.91 Å². The van der Waals surface area contributed by atoms with Gasteiger partial charge in [-0.25, -0.2) is 0 Å². The summed E-state index contributed by atoms with van der Waals surface area (Å²) >= 11 is 7.29. The number of hydrogen-bond donors (Lipinski definition) is 1. The number of halogens is 2. The summed E-state index contributed by atoms with van der Waals surface area (Å²) in [5.41, 5.74) is 3.35. The molecule has 2 aromatic rings. The lowest BCUT2D eigenvalue weighted by Gasteiger charge is -2.36. The molecule has 2 aromatic carbocycles. The number of benzene rings is 2. The minimum atomic E-state index is 0.0898. The zero-order valence-corrected chi connectivity index (χ0v) is 20.2. The summed E-state index contributed by atoms with van der Waals surface area (Å²) in [6.45, 7) is 6.09. The summed E-state index contributed by atoms with van der Waals surface area (Å²) in [5, 5.41) is 2.93. The highest BCUT2D eigenvalue weighted by atomic mass is 79.9. The number of amides is 1. The van der Waals surface area contributed by atoms with E-state index in [-0.39, 0.29) is 5.91 Å². The van der Waals surface area contributed by atoms with Crippen LogP contribution in [-0.4, -0.2) is 50.1 Å². The number of nitrogens with zero attached hydrogens (tertiary/aromatic N) is 2. The first-order valence-electron chi connectivity index (χ1n) is 10.6. The van der Waals surface area contributed by atoms with Crippen molar-refractivity contribution in [3.63, 3.8) is 0 Å². The van der Waals surface area contributed by atoms with Crippen LogP contribution in [0.15, 0.2) is 45.3 Å². The topological polar surface area (TPSA) is 44.8 Å². The normalized spacial score (nSPS) is 16.9. The van der Waals surface area contributed by atoms with Crippen molar-refractivity contribution >= 4 is 49.1 Å². The number of hydrogen-bond acceptors (Lipinski definition) is 4. The van der Waals surface area contributed by atoms with Gasteiger partial charge in [-0.05, 0) is 81.4 Å². The van der Waals surface area contributed by atoms with Crippen molar-refractivity contribution in [3.05, 3.63) is 50.9 Å². The Kier molecular flexibility index (Phi) is 7.33. The van der Waals surface area contributed by atoms with Crippen molar-refractivity contribution in [2.45, 2.75) is 25.7 Å². The molecule has 4 rings (SSSR count). The quantitative estimate of drug-likeness (QED) is 0.501. The number of unbranched alkanes of at least 4 members (excludes halogenated alkanes) is 1. The molecule has 0 saturated carbocycles. The van der Waals surface area contributed by atoms with Gasteiger partial charge in [-0.15, -0.1) is 0 Å². The second-order valence-electron chi connectivity index (χ2n) is 7.82. The summed E-state index contributed by atoms with van der Waals surface area (Å²) in [4.78, 5) is 16.5. The van der Waals surface area contributed by atoms with Gasteiger partial charge >= 0.3 is 0 Å². The van der Waals surface area contributed by atoms with Crippen molar-refractivity contribution in [1.29, 1.82) is 0 Å². The third-order valence-corrected chi connectivity index (χ3v) is 7.78. The van der Waals surface area contributed by atoms with Crippen LogP contribution in [0.2, 0.25) is 0 Å². The first-order valence-corrected chi connectivity index (χ1v) is 12.2. The summed E-state index contributed by atoms with van der Waals surface area (Å²) in [6, 6.07) is 12.3. The fraction of sp³-hybridized carbons (Fsp3) is 0.435. The lowest BCUT2D eigenvalue weighted by Crippen LogP contribution is -2.46. The highest BCUT2D eigenvalue weighted by Gasteiger charge is 2.19. The lowest BCUT2D eigenvalue weighted by atomic mass is 10.0. The zero-order valence-electron chi connectivity index (χ0n) is 17.0. The van der Waals surface area contributed by atoms with Gasteiger partial charge in [-0.2, -0.15) is 0 Å². The van der Waals surface area contributed by atoms with E-state index in [0.29, 0.717) is 13.0 Å². The second kappa shape index (κ2) is 10.2. The average Bonchev–Trinajstić information content (AvgIpc) is 2.76. The second-order valence-corrected chi connectivity index (χ2v) is 9.47. The van der Waals surface area contributed by atoms with Crippen LogP contribution in [0.5, 0.6) is 5.75 Å². The van der Waals surface area contributed by atoms with Gasteiger partial charge in [0.25, 0.3) is 0 Å². The number of anilines is 2.